The van der Waals surface area contributed by atoms with Crippen molar-refractivity contribution in [3.63, 3.8) is 0 Å². The van der Waals surface area contributed by atoms with Gasteiger partial charge in [0.1, 0.15) is 18.7 Å². The molecule has 2 aliphatic heterocycles. The average molecular weight is 392 g/mol. The summed E-state index contributed by atoms with van der Waals surface area (Å²) in [5, 5.41) is 9.00. The molecule has 2 fully saturated rings. The number of Topliss-reactive ketones (excluding diaryl/α,β-unsaturated/α-hetero) is 1. The van der Waals surface area contributed by atoms with E-state index in [1.54, 1.807) is 4.90 Å². The number of carbonyl (C=O) groups is 3. The molecule has 0 saturated carbocycles. The number of rotatable bonds is 6. The Labute approximate surface area is 162 Å². The van der Waals surface area contributed by atoms with Crippen molar-refractivity contribution >= 4 is 29.5 Å². The fourth-order valence-electron chi connectivity index (χ4n) is 3.44. The van der Waals surface area contributed by atoms with Gasteiger partial charge in [0.25, 0.3) is 0 Å². The maximum atomic E-state index is 13.0. The zero-order chi connectivity index (χ0) is 19.2. The van der Waals surface area contributed by atoms with Crippen LogP contribution in [0.4, 0.5) is 4.79 Å². The van der Waals surface area contributed by atoms with Crippen molar-refractivity contribution in [1.29, 1.82) is 0 Å². The van der Waals surface area contributed by atoms with Crippen LogP contribution in [0, 0.1) is 0 Å². The predicted molar refractivity (Wildman–Crippen MR) is 101 cm³/mol. The number of ketones is 1. The molecular formula is C19H24N2O5S. The summed E-state index contributed by atoms with van der Waals surface area (Å²) >= 11 is 1.52. The van der Waals surface area contributed by atoms with Gasteiger partial charge in [-0.25, -0.2) is 4.79 Å². The minimum atomic E-state index is -0.587. The Bertz CT molecular complexity index is 684. The summed E-state index contributed by atoms with van der Waals surface area (Å²) in [7, 11) is 0. The van der Waals surface area contributed by atoms with Gasteiger partial charge in [-0.2, -0.15) is 0 Å². The molecule has 0 bridgehead atoms. The zero-order valence-corrected chi connectivity index (χ0v) is 15.9. The van der Waals surface area contributed by atoms with Gasteiger partial charge in [0.05, 0.1) is 12.5 Å². The van der Waals surface area contributed by atoms with Gasteiger partial charge < -0.3 is 14.7 Å². The molecule has 1 N–H and O–H groups in total. The summed E-state index contributed by atoms with van der Waals surface area (Å²) in [4.78, 5) is 40.7. The SMILES string of the molecule is O=C(CCO)C1CSCN1C(=O)C1CCCN1C(=O)OCc1ccccc1. The summed E-state index contributed by atoms with van der Waals surface area (Å²) in [5.74, 6) is 0.636. The minimum Gasteiger partial charge on any atom is -0.445 e. The Hall–Kier alpha value is -2.06. The van der Waals surface area contributed by atoms with Crippen LogP contribution in [0.1, 0.15) is 24.8 Å². The van der Waals surface area contributed by atoms with Crippen LogP contribution in [0.3, 0.4) is 0 Å². The molecule has 0 spiro atoms. The maximum absolute atomic E-state index is 13.0. The van der Waals surface area contributed by atoms with Crippen molar-refractivity contribution in [2.45, 2.75) is 38.0 Å². The van der Waals surface area contributed by atoms with E-state index in [2.05, 4.69) is 0 Å². The van der Waals surface area contributed by atoms with Crippen LogP contribution in [-0.4, -0.2) is 69.6 Å². The number of thioether (sulfide) groups is 1. The lowest BCUT2D eigenvalue weighted by atomic mass is 10.1. The van der Waals surface area contributed by atoms with E-state index in [0.717, 1.165) is 12.0 Å². The van der Waals surface area contributed by atoms with Crippen LogP contribution in [0.2, 0.25) is 0 Å². The smallest absolute Gasteiger partial charge is 0.410 e. The van der Waals surface area contributed by atoms with Crippen LogP contribution in [0.5, 0.6) is 0 Å². The molecule has 2 aliphatic rings. The third-order valence-corrected chi connectivity index (χ3v) is 5.88. The molecule has 0 aromatic heterocycles. The molecule has 146 valence electrons. The third-order valence-electron chi connectivity index (χ3n) is 4.87. The Kier molecular flexibility index (Phi) is 6.73. The summed E-state index contributed by atoms with van der Waals surface area (Å²) < 4.78 is 5.38. The molecule has 27 heavy (non-hydrogen) atoms. The fourth-order valence-corrected chi connectivity index (χ4v) is 4.64. The van der Waals surface area contributed by atoms with E-state index in [-0.39, 0.29) is 31.3 Å². The van der Waals surface area contributed by atoms with E-state index >= 15 is 0 Å². The van der Waals surface area contributed by atoms with E-state index in [0.29, 0.717) is 24.6 Å². The number of carbonyl (C=O) groups excluding carboxylic acids is 3. The normalized spacial score (nSPS) is 22.1. The molecule has 7 nitrogen and oxygen atoms in total. The molecule has 2 atom stereocenters. The molecule has 2 unspecified atom stereocenters. The number of ether oxygens (including phenoxy) is 1. The summed E-state index contributed by atoms with van der Waals surface area (Å²) in [6.45, 7) is 0.415. The van der Waals surface area contributed by atoms with Crippen molar-refractivity contribution in [3.05, 3.63) is 35.9 Å². The van der Waals surface area contributed by atoms with E-state index in [4.69, 9.17) is 9.84 Å². The van der Waals surface area contributed by atoms with Crippen molar-refractivity contribution in [3.8, 4) is 0 Å². The largest absolute Gasteiger partial charge is 0.445 e. The minimum absolute atomic E-state index is 0.0442. The van der Waals surface area contributed by atoms with E-state index in [1.807, 2.05) is 30.3 Å². The van der Waals surface area contributed by atoms with Gasteiger partial charge >= 0.3 is 6.09 Å². The maximum Gasteiger partial charge on any atom is 0.410 e. The highest BCUT2D eigenvalue weighted by Gasteiger charge is 2.42. The van der Waals surface area contributed by atoms with Crippen LogP contribution < -0.4 is 0 Å². The molecule has 3 rings (SSSR count). The Morgan fingerprint density at radius 2 is 1.93 bits per heavy atom. The molecular weight excluding hydrogens is 368 g/mol. The highest BCUT2D eigenvalue weighted by molar-refractivity contribution is 7.99. The number of aliphatic hydroxyl groups excluding tert-OH is 1. The van der Waals surface area contributed by atoms with Gasteiger partial charge in [0, 0.05) is 18.7 Å². The number of amides is 2. The van der Waals surface area contributed by atoms with Gasteiger partial charge in [-0.3, -0.25) is 14.5 Å². The highest BCUT2D eigenvalue weighted by Crippen LogP contribution is 2.28. The number of benzene rings is 1. The lowest BCUT2D eigenvalue weighted by Gasteiger charge is -2.30. The molecule has 0 radical (unpaired) electrons. The van der Waals surface area contributed by atoms with Gasteiger partial charge in [-0.05, 0) is 18.4 Å². The summed E-state index contributed by atoms with van der Waals surface area (Å²) in [6, 6.07) is 8.29. The second kappa shape index (κ2) is 9.23. The van der Waals surface area contributed by atoms with Crippen molar-refractivity contribution < 1.29 is 24.2 Å². The number of nitrogens with zero attached hydrogens (tertiary/aromatic N) is 2. The summed E-state index contributed by atoms with van der Waals surface area (Å²) in [6.07, 6.45) is 0.844. The Morgan fingerprint density at radius 3 is 2.67 bits per heavy atom. The lowest BCUT2D eigenvalue weighted by molar-refractivity contribution is -0.140. The molecule has 2 amide bonds. The molecule has 0 aliphatic carbocycles. The van der Waals surface area contributed by atoms with Crippen LogP contribution in [0.25, 0.3) is 0 Å². The first-order valence-electron chi connectivity index (χ1n) is 9.11. The Balaban J connectivity index is 1.62. The van der Waals surface area contributed by atoms with Crippen LogP contribution >= 0.6 is 11.8 Å². The predicted octanol–water partition coefficient (Wildman–Crippen LogP) is 1.64. The van der Waals surface area contributed by atoms with E-state index in [1.165, 1.54) is 16.7 Å². The van der Waals surface area contributed by atoms with Crippen LogP contribution in [-0.2, 0) is 20.9 Å². The van der Waals surface area contributed by atoms with Crippen LogP contribution in [0.15, 0.2) is 30.3 Å². The van der Waals surface area contributed by atoms with E-state index < -0.39 is 18.2 Å². The molecule has 2 saturated heterocycles. The highest BCUT2D eigenvalue weighted by atomic mass is 32.2. The molecule has 8 heteroatoms. The first kappa shape index (κ1) is 19.7. The lowest BCUT2D eigenvalue weighted by Crippen LogP contribution is -2.51. The van der Waals surface area contributed by atoms with Gasteiger partial charge in [0.2, 0.25) is 5.91 Å². The first-order valence-corrected chi connectivity index (χ1v) is 10.3. The van der Waals surface area contributed by atoms with Gasteiger partial charge in [0.15, 0.2) is 5.78 Å². The first-order chi connectivity index (χ1) is 13.1. The third kappa shape index (κ3) is 4.62. The fraction of sp³-hybridized carbons (Fsp3) is 0.526. The topological polar surface area (TPSA) is 87.2 Å². The number of hydrogen-bond donors (Lipinski definition) is 1. The van der Waals surface area contributed by atoms with Crippen molar-refractivity contribution in [1.82, 2.24) is 9.80 Å². The van der Waals surface area contributed by atoms with Crippen molar-refractivity contribution in [2.75, 3.05) is 24.8 Å². The molecule has 1 aromatic carbocycles. The Morgan fingerprint density at radius 1 is 1.15 bits per heavy atom. The second-order valence-electron chi connectivity index (χ2n) is 6.66. The average Bonchev–Trinajstić information content (AvgIpc) is 3.36. The number of likely N-dealkylation sites (tertiary alicyclic amines) is 1. The molecule has 2 heterocycles. The molecule has 1 aromatic rings. The number of hydrogen-bond acceptors (Lipinski definition) is 6. The van der Waals surface area contributed by atoms with E-state index in [9.17, 15) is 14.4 Å². The monoisotopic (exact) mass is 392 g/mol. The zero-order valence-electron chi connectivity index (χ0n) is 15.1. The standard InChI is InChI=1S/C19H24N2O5S/c22-10-8-17(23)16-12-27-13-21(16)18(24)15-7-4-9-20(15)19(25)26-11-14-5-2-1-3-6-14/h1-3,5-6,15-16,22H,4,7-13H2. The van der Waals surface area contributed by atoms with Gasteiger partial charge in [-0.1, -0.05) is 30.3 Å². The van der Waals surface area contributed by atoms with Crippen molar-refractivity contribution in [2.24, 2.45) is 0 Å². The quantitative estimate of drug-likeness (QED) is 0.792. The number of aliphatic hydroxyl groups is 1. The summed E-state index contributed by atoms with van der Waals surface area (Å²) in [5.41, 5.74) is 0.888. The second-order valence-corrected chi connectivity index (χ2v) is 7.66. The van der Waals surface area contributed by atoms with Gasteiger partial charge in [-0.15, -0.1) is 11.8 Å².